The van der Waals surface area contributed by atoms with Gasteiger partial charge in [0.1, 0.15) is 5.75 Å². The summed E-state index contributed by atoms with van der Waals surface area (Å²) in [6, 6.07) is 5.81. The van der Waals surface area contributed by atoms with Gasteiger partial charge in [-0.3, -0.25) is 0 Å². The van der Waals surface area contributed by atoms with Gasteiger partial charge in [0.15, 0.2) is 0 Å². The summed E-state index contributed by atoms with van der Waals surface area (Å²) < 4.78 is 5.58. The number of nitrogen functional groups attached to an aromatic ring is 1. The molecule has 0 radical (unpaired) electrons. The molecular formula is C13H23N3O. The van der Waals surface area contributed by atoms with Crippen LogP contribution in [-0.2, 0) is 0 Å². The number of nitrogens with two attached hydrogens (primary N) is 1. The molecule has 1 aromatic carbocycles. The number of nitrogens with zero attached hydrogens (tertiary/aromatic N) is 1. The number of hydrogen-bond acceptors (Lipinski definition) is 4. The monoisotopic (exact) mass is 237 g/mol. The molecule has 0 aliphatic heterocycles. The fourth-order valence-corrected chi connectivity index (χ4v) is 1.41. The number of rotatable bonds is 7. The molecule has 0 spiro atoms. The number of nitrogens with one attached hydrogen (secondary N) is 1. The highest BCUT2D eigenvalue weighted by molar-refractivity contribution is 5.61. The van der Waals surface area contributed by atoms with E-state index in [0.717, 1.165) is 30.9 Å². The molecule has 4 heteroatoms. The van der Waals surface area contributed by atoms with Gasteiger partial charge >= 0.3 is 0 Å². The Kier molecular flexibility index (Phi) is 5.63. The van der Waals surface area contributed by atoms with Crippen LogP contribution in [0.15, 0.2) is 18.2 Å². The van der Waals surface area contributed by atoms with Gasteiger partial charge in [0.25, 0.3) is 0 Å². The van der Waals surface area contributed by atoms with Gasteiger partial charge in [-0.15, -0.1) is 0 Å². The zero-order chi connectivity index (χ0) is 12.7. The normalized spacial score (nSPS) is 10.6. The average molecular weight is 237 g/mol. The summed E-state index contributed by atoms with van der Waals surface area (Å²) in [6.07, 6.45) is 0.984. The third kappa shape index (κ3) is 4.95. The Balaban J connectivity index is 2.55. The van der Waals surface area contributed by atoms with E-state index in [2.05, 4.69) is 31.2 Å². The Morgan fingerprint density at radius 2 is 2.12 bits per heavy atom. The van der Waals surface area contributed by atoms with Gasteiger partial charge in [0, 0.05) is 24.8 Å². The van der Waals surface area contributed by atoms with Gasteiger partial charge < -0.3 is 20.7 Å². The lowest BCUT2D eigenvalue weighted by atomic mass is 10.2. The molecule has 1 rings (SSSR count). The highest BCUT2D eigenvalue weighted by Gasteiger charge is 2.02. The van der Waals surface area contributed by atoms with Crippen molar-refractivity contribution < 1.29 is 4.74 Å². The first-order valence-electron chi connectivity index (χ1n) is 6.04. The maximum absolute atomic E-state index is 5.85. The molecule has 1 aromatic rings. The van der Waals surface area contributed by atoms with Crippen molar-refractivity contribution in [3.63, 3.8) is 0 Å². The molecule has 0 aromatic heterocycles. The molecule has 4 nitrogen and oxygen atoms in total. The van der Waals surface area contributed by atoms with Crippen LogP contribution < -0.4 is 15.8 Å². The van der Waals surface area contributed by atoms with Gasteiger partial charge in [-0.25, -0.2) is 0 Å². The lowest BCUT2D eigenvalue weighted by Gasteiger charge is -2.13. The third-order valence-electron chi connectivity index (χ3n) is 2.36. The molecule has 96 valence electrons. The van der Waals surface area contributed by atoms with Crippen LogP contribution in [0.4, 0.5) is 11.4 Å². The maximum Gasteiger partial charge on any atom is 0.144 e. The van der Waals surface area contributed by atoms with Gasteiger partial charge in [-0.05, 0) is 32.6 Å². The van der Waals surface area contributed by atoms with Gasteiger partial charge in [-0.2, -0.15) is 0 Å². The van der Waals surface area contributed by atoms with E-state index < -0.39 is 0 Å². The molecule has 0 aliphatic rings. The highest BCUT2D eigenvalue weighted by atomic mass is 16.5. The average Bonchev–Trinajstić information content (AvgIpc) is 2.29. The number of likely N-dealkylation sites (N-methyl/N-ethyl adjacent to an activating group) is 1. The van der Waals surface area contributed by atoms with Crippen molar-refractivity contribution in [2.75, 3.05) is 44.8 Å². The van der Waals surface area contributed by atoms with Crippen LogP contribution in [0.25, 0.3) is 0 Å². The van der Waals surface area contributed by atoms with Crippen molar-refractivity contribution in [1.29, 1.82) is 0 Å². The molecular weight excluding hydrogens is 214 g/mol. The lowest BCUT2D eigenvalue weighted by molar-refractivity contribution is 0.319. The summed E-state index contributed by atoms with van der Waals surface area (Å²) in [5.74, 6) is 0.765. The molecule has 0 saturated carbocycles. The third-order valence-corrected chi connectivity index (χ3v) is 2.36. The number of hydrogen-bond donors (Lipinski definition) is 2. The summed E-state index contributed by atoms with van der Waals surface area (Å²) in [7, 11) is 4.11. The largest absolute Gasteiger partial charge is 0.491 e. The molecule has 17 heavy (non-hydrogen) atoms. The summed E-state index contributed by atoms with van der Waals surface area (Å²) in [5, 5.41) is 3.34. The van der Waals surface area contributed by atoms with Gasteiger partial charge in [0.05, 0.1) is 12.3 Å². The predicted octanol–water partition coefficient (Wildman–Crippen LogP) is 2.03. The predicted molar refractivity (Wildman–Crippen MR) is 73.7 cm³/mol. The van der Waals surface area contributed by atoms with Crippen LogP contribution in [0.5, 0.6) is 5.75 Å². The number of benzene rings is 1. The summed E-state index contributed by atoms with van der Waals surface area (Å²) >= 11 is 0. The minimum Gasteiger partial charge on any atom is -0.491 e. The van der Waals surface area contributed by atoms with Gasteiger partial charge in [0.2, 0.25) is 0 Å². The maximum atomic E-state index is 5.85. The molecule has 0 fully saturated rings. The second kappa shape index (κ2) is 7.01. The van der Waals surface area contributed by atoms with Gasteiger partial charge in [-0.1, -0.05) is 6.92 Å². The smallest absolute Gasteiger partial charge is 0.144 e. The highest BCUT2D eigenvalue weighted by Crippen LogP contribution is 2.25. The van der Waals surface area contributed by atoms with Crippen molar-refractivity contribution in [1.82, 2.24) is 4.90 Å². The first-order valence-corrected chi connectivity index (χ1v) is 6.04. The van der Waals surface area contributed by atoms with Crippen LogP contribution in [-0.4, -0.2) is 38.7 Å². The van der Waals surface area contributed by atoms with Crippen LogP contribution in [0.3, 0.4) is 0 Å². The lowest BCUT2D eigenvalue weighted by Crippen LogP contribution is -2.20. The molecule has 0 bridgehead atoms. The van der Waals surface area contributed by atoms with Crippen molar-refractivity contribution in [3.8, 4) is 5.75 Å². The Hall–Kier alpha value is -1.42. The minimum absolute atomic E-state index is 0.691. The number of ether oxygens (including phenoxy) is 1. The van der Waals surface area contributed by atoms with E-state index >= 15 is 0 Å². The molecule has 0 unspecified atom stereocenters. The summed E-state index contributed by atoms with van der Waals surface area (Å²) in [6.45, 7) is 4.68. The molecule has 0 atom stereocenters. The second-order valence-corrected chi connectivity index (χ2v) is 4.33. The first-order chi connectivity index (χ1) is 8.13. The van der Waals surface area contributed by atoms with Crippen LogP contribution in [0, 0.1) is 0 Å². The van der Waals surface area contributed by atoms with Crippen LogP contribution >= 0.6 is 0 Å². The standard InChI is InChI=1S/C13H23N3O/c1-4-9-17-13-10-11(5-6-12(13)14)15-7-8-16(2)3/h5-6,10,15H,4,7-9,14H2,1-3H3. The Morgan fingerprint density at radius 1 is 1.35 bits per heavy atom. The Morgan fingerprint density at radius 3 is 2.76 bits per heavy atom. The SMILES string of the molecule is CCCOc1cc(NCCN(C)C)ccc1N. The van der Waals surface area contributed by atoms with E-state index in [1.54, 1.807) is 0 Å². The van der Waals surface area contributed by atoms with E-state index in [-0.39, 0.29) is 0 Å². The second-order valence-electron chi connectivity index (χ2n) is 4.33. The molecule has 0 aliphatic carbocycles. The molecule has 0 amide bonds. The zero-order valence-corrected chi connectivity index (χ0v) is 11.0. The molecule has 0 heterocycles. The fraction of sp³-hybridized carbons (Fsp3) is 0.538. The topological polar surface area (TPSA) is 50.5 Å². The minimum atomic E-state index is 0.691. The van der Waals surface area contributed by atoms with Crippen LogP contribution in [0.2, 0.25) is 0 Å². The van der Waals surface area contributed by atoms with Crippen molar-refractivity contribution in [2.24, 2.45) is 0 Å². The van der Waals surface area contributed by atoms with E-state index in [1.165, 1.54) is 0 Å². The van der Waals surface area contributed by atoms with E-state index in [4.69, 9.17) is 10.5 Å². The molecule has 0 saturated heterocycles. The van der Waals surface area contributed by atoms with E-state index in [0.29, 0.717) is 12.3 Å². The first kappa shape index (κ1) is 13.6. The fourth-order valence-electron chi connectivity index (χ4n) is 1.41. The quantitative estimate of drug-likeness (QED) is 0.712. The zero-order valence-electron chi connectivity index (χ0n) is 11.0. The molecule has 3 N–H and O–H groups in total. The van der Waals surface area contributed by atoms with Crippen molar-refractivity contribution >= 4 is 11.4 Å². The Labute approximate surface area is 104 Å². The van der Waals surface area contributed by atoms with E-state index in [9.17, 15) is 0 Å². The summed E-state index contributed by atoms with van der Waals surface area (Å²) in [4.78, 5) is 2.14. The van der Waals surface area contributed by atoms with E-state index in [1.807, 2.05) is 18.2 Å². The van der Waals surface area contributed by atoms with Crippen LogP contribution in [0.1, 0.15) is 13.3 Å². The Bertz CT molecular complexity index is 339. The van der Waals surface area contributed by atoms with Crippen molar-refractivity contribution in [2.45, 2.75) is 13.3 Å². The van der Waals surface area contributed by atoms with Crippen molar-refractivity contribution in [3.05, 3.63) is 18.2 Å². The summed E-state index contributed by atoms with van der Waals surface area (Å²) in [5.41, 5.74) is 7.59. The number of anilines is 2.